The first-order chi connectivity index (χ1) is 12.8. The topological polar surface area (TPSA) is 39.5 Å². The van der Waals surface area contributed by atoms with E-state index < -0.39 is 0 Å². The molecule has 140 valence electrons. The summed E-state index contributed by atoms with van der Waals surface area (Å²) in [5, 5.41) is 4.76. The summed E-state index contributed by atoms with van der Waals surface area (Å²) in [4.78, 5) is 2.54. The average Bonchev–Trinajstić information content (AvgIpc) is 3.08. The number of aromatic nitrogens is 2. The SMILES string of the molecule is COC[C@@H]1c2c(cnn2CC2CCOCC2)CCN1Cc1ccccc1. The van der Waals surface area contributed by atoms with E-state index in [1.54, 1.807) is 7.11 Å². The van der Waals surface area contributed by atoms with Crippen LogP contribution in [0.25, 0.3) is 0 Å². The number of rotatable bonds is 6. The zero-order chi connectivity index (χ0) is 17.8. The third-order valence-corrected chi connectivity index (χ3v) is 5.71. The Hall–Kier alpha value is -1.69. The van der Waals surface area contributed by atoms with Crippen molar-refractivity contribution in [2.75, 3.05) is 33.5 Å². The second-order valence-corrected chi connectivity index (χ2v) is 7.47. The van der Waals surface area contributed by atoms with Gasteiger partial charge in [-0.15, -0.1) is 0 Å². The molecule has 0 radical (unpaired) electrons. The highest BCUT2D eigenvalue weighted by Crippen LogP contribution is 2.32. The van der Waals surface area contributed by atoms with Gasteiger partial charge in [0.15, 0.2) is 0 Å². The highest BCUT2D eigenvalue weighted by molar-refractivity contribution is 5.26. The van der Waals surface area contributed by atoms with Crippen LogP contribution in [-0.4, -0.2) is 48.2 Å². The van der Waals surface area contributed by atoms with Gasteiger partial charge in [0.1, 0.15) is 0 Å². The summed E-state index contributed by atoms with van der Waals surface area (Å²) in [6, 6.07) is 11.0. The standard InChI is InChI=1S/C21H29N3O2/c1-25-16-20-21-19(7-10-23(20)14-17-5-3-2-4-6-17)13-22-24(21)15-18-8-11-26-12-9-18/h2-6,13,18,20H,7-12,14-16H2,1H3/t20-/m1/s1. The molecule has 1 fully saturated rings. The van der Waals surface area contributed by atoms with Gasteiger partial charge in [-0.25, -0.2) is 0 Å². The minimum absolute atomic E-state index is 0.270. The van der Waals surface area contributed by atoms with E-state index in [0.29, 0.717) is 12.5 Å². The Morgan fingerprint density at radius 2 is 2.00 bits per heavy atom. The highest BCUT2D eigenvalue weighted by atomic mass is 16.5. The van der Waals surface area contributed by atoms with Crippen molar-refractivity contribution in [1.82, 2.24) is 14.7 Å². The van der Waals surface area contributed by atoms with E-state index in [-0.39, 0.29) is 6.04 Å². The van der Waals surface area contributed by atoms with Gasteiger partial charge in [0, 0.05) is 40.0 Å². The van der Waals surface area contributed by atoms with Gasteiger partial charge >= 0.3 is 0 Å². The van der Waals surface area contributed by atoms with E-state index in [2.05, 4.69) is 46.1 Å². The molecule has 2 aliphatic rings. The number of fused-ring (bicyclic) bond motifs is 1. The Labute approximate surface area is 155 Å². The van der Waals surface area contributed by atoms with Crippen molar-refractivity contribution in [2.45, 2.75) is 38.4 Å². The Morgan fingerprint density at radius 1 is 1.19 bits per heavy atom. The monoisotopic (exact) mass is 355 g/mol. The second kappa shape index (κ2) is 8.33. The minimum atomic E-state index is 0.270. The molecule has 0 spiro atoms. The van der Waals surface area contributed by atoms with Gasteiger partial charge in [0.05, 0.1) is 24.5 Å². The molecule has 0 N–H and O–H groups in total. The van der Waals surface area contributed by atoms with Crippen LogP contribution in [0.1, 0.15) is 35.7 Å². The van der Waals surface area contributed by atoms with Crippen LogP contribution in [0, 0.1) is 5.92 Å². The lowest BCUT2D eigenvalue weighted by molar-refractivity contribution is 0.0545. The molecule has 1 aromatic carbocycles. The van der Waals surface area contributed by atoms with Crippen LogP contribution in [0.5, 0.6) is 0 Å². The molecule has 3 heterocycles. The number of methoxy groups -OCH3 is 1. The molecule has 0 bridgehead atoms. The molecule has 26 heavy (non-hydrogen) atoms. The molecule has 4 rings (SSSR count). The van der Waals surface area contributed by atoms with Gasteiger partial charge in [0.2, 0.25) is 0 Å². The van der Waals surface area contributed by atoms with E-state index in [9.17, 15) is 0 Å². The van der Waals surface area contributed by atoms with E-state index in [1.165, 1.54) is 16.8 Å². The maximum atomic E-state index is 5.62. The molecular formula is C21H29N3O2. The van der Waals surface area contributed by atoms with Crippen LogP contribution in [0.4, 0.5) is 0 Å². The lowest BCUT2D eigenvalue weighted by atomic mass is 9.97. The van der Waals surface area contributed by atoms with Crippen molar-refractivity contribution < 1.29 is 9.47 Å². The summed E-state index contributed by atoms with van der Waals surface area (Å²) >= 11 is 0. The molecule has 5 heteroatoms. The fourth-order valence-electron chi connectivity index (χ4n) is 4.27. The lowest BCUT2D eigenvalue weighted by Gasteiger charge is -2.36. The number of nitrogens with zero attached hydrogens (tertiary/aromatic N) is 3. The Morgan fingerprint density at radius 3 is 2.77 bits per heavy atom. The molecule has 0 amide bonds. The molecule has 2 aliphatic heterocycles. The highest BCUT2D eigenvalue weighted by Gasteiger charge is 2.32. The van der Waals surface area contributed by atoms with Crippen LogP contribution in [0.15, 0.2) is 36.5 Å². The summed E-state index contributed by atoms with van der Waals surface area (Å²) in [5.74, 6) is 0.667. The molecule has 0 unspecified atom stereocenters. The van der Waals surface area contributed by atoms with Gasteiger partial charge < -0.3 is 9.47 Å². The van der Waals surface area contributed by atoms with Crippen molar-refractivity contribution >= 4 is 0 Å². The smallest absolute Gasteiger partial charge is 0.0760 e. The van der Waals surface area contributed by atoms with Gasteiger partial charge in [-0.2, -0.15) is 5.10 Å². The number of hydrogen-bond acceptors (Lipinski definition) is 4. The molecule has 0 saturated carbocycles. The summed E-state index contributed by atoms with van der Waals surface area (Å²) in [6.07, 6.45) is 5.42. The van der Waals surface area contributed by atoms with E-state index >= 15 is 0 Å². The Kier molecular flexibility index (Phi) is 5.68. The zero-order valence-corrected chi connectivity index (χ0v) is 15.6. The molecule has 1 saturated heterocycles. The number of ether oxygens (including phenoxy) is 2. The first-order valence-electron chi connectivity index (χ1n) is 9.74. The quantitative estimate of drug-likeness (QED) is 0.798. The van der Waals surface area contributed by atoms with Gasteiger partial charge in [-0.3, -0.25) is 9.58 Å². The van der Waals surface area contributed by atoms with Crippen LogP contribution in [0.3, 0.4) is 0 Å². The van der Waals surface area contributed by atoms with Gasteiger partial charge in [0.25, 0.3) is 0 Å². The van der Waals surface area contributed by atoms with E-state index in [4.69, 9.17) is 14.6 Å². The van der Waals surface area contributed by atoms with Crippen LogP contribution < -0.4 is 0 Å². The average molecular weight is 355 g/mol. The summed E-state index contributed by atoms with van der Waals surface area (Å²) < 4.78 is 13.4. The van der Waals surface area contributed by atoms with Gasteiger partial charge in [-0.05, 0) is 36.3 Å². The third-order valence-electron chi connectivity index (χ3n) is 5.71. The van der Waals surface area contributed by atoms with Gasteiger partial charge in [-0.1, -0.05) is 30.3 Å². The molecule has 5 nitrogen and oxygen atoms in total. The first kappa shape index (κ1) is 17.7. The summed E-state index contributed by atoms with van der Waals surface area (Å²) in [7, 11) is 1.80. The third kappa shape index (κ3) is 3.85. The maximum absolute atomic E-state index is 5.62. The van der Waals surface area contributed by atoms with Crippen molar-refractivity contribution in [3.8, 4) is 0 Å². The normalized spacial score (nSPS) is 21.7. The van der Waals surface area contributed by atoms with E-state index in [0.717, 1.165) is 52.1 Å². The first-order valence-corrected chi connectivity index (χ1v) is 9.74. The fraction of sp³-hybridized carbons (Fsp3) is 0.571. The molecule has 0 aliphatic carbocycles. The maximum Gasteiger partial charge on any atom is 0.0760 e. The predicted octanol–water partition coefficient (Wildman–Crippen LogP) is 3.06. The molecule has 2 aromatic rings. The molecular weight excluding hydrogens is 326 g/mol. The second-order valence-electron chi connectivity index (χ2n) is 7.47. The lowest BCUT2D eigenvalue weighted by Crippen LogP contribution is -2.38. The predicted molar refractivity (Wildman–Crippen MR) is 101 cm³/mol. The molecule has 1 aromatic heterocycles. The van der Waals surface area contributed by atoms with Crippen molar-refractivity contribution in [3.05, 3.63) is 53.3 Å². The van der Waals surface area contributed by atoms with Crippen LogP contribution in [-0.2, 0) is 29.0 Å². The minimum Gasteiger partial charge on any atom is -0.383 e. The Balaban J connectivity index is 1.56. The molecule has 1 atom stereocenters. The summed E-state index contributed by atoms with van der Waals surface area (Å²) in [6.45, 7) is 5.48. The van der Waals surface area contributed by atoms with Crippen molar-refractivity contribution in [1.29, 1.82) is 0 Å². The zero-order valence-electron chi connectivity index (χ0n) is 15.6. The number of benzene rings is 1. The largest absolute Gasteiger partial charge is 0.383 e. The van der Waals surface area contributed by atoms with Crippen molar-refractivity contribution in [2.24, 2.45) is 5.92 Å². The fourth-order valence-corrected chi connectivity index (χ4v) is 4.27. The summed E-state index contributed by atoms with van der Waals surface area (Å²) in [5.41, 5.74) is 4.11. The Bertz CT molecular complexity index is 695. The van der Waals surface area contributed by atoms with Crippen molar-refractivity contribution in [3.63, 3.8) is 0 Å². The van der Waals surface area contributed by atoms with Crippen LogP contribution >= 0.6 is 0 Å². The van der Waals surface area contributed by atoms with Crippen LogP contribution in [0.2, 0.25) is 0 Å². The van der Waals surface area contributed by atoms with E-state index in [1.807, 2.05) is 0 Å². The number of hydrogen-bond donors (Lipinski definition) is 0.